The molecule has 0 amide bonds. The fraction of sp³-hybridized carbons (Fsp3) is 0.750. The van der Waals surface area contributed by atoms with Gasteiger partial charge in [-0.15, -0.1) is 6.58 Å². The highest BCUT2D eigenvalue weighted by Gasteiger charge is 2.38. The Kier molecular flexibility index (Phi) is 5.85. The van der Waals surface area contributed by atoms with Crippen LogP contribution in [0, 0.1) is 0 Å². The third-order valence-electron chi connectivity index (χ3n) is 2.97. The van der Waals surface area contributed by atoms with Gasteiger partial charge in [0.1, 0.15) is 13.2 Å². The summed E-state index contributed by atoms with van der Waals surface area (Å²) in [7, 11) is 2.12. The summed E-state index contributed by atoms with van der Waals surface area (Å²) in [5, 5.41) is 0. The topological polar surface area (TPSA) is 12.2 Å². The summed E-state index contributed by atoms with van der Waals surface area (Å²) < 4.78 is 8.09. The van der Waals surface area contributed by atoms with E-state index in [-0.39, 0.29) is 29.5 Å². The zero-order valence-electron chi connectivity index (χ0n) is 10.2. The molecule has 3 heteroatoms. The SMILES string of the molecule is C=CCCC1=[N+](C)C(C)(C)CC(C)O1.[I-]. The van der Waals surface area contributed by atoms with E-state index in [0.29, 0.717) is 6.10 Å². The van der Waals surface area contributed by atoms with Crippen molar-refractivity contribution in [1.82, 2.24) is 0 Å². The summed E-state index contributed by atoms with van der Waals surface area (Å²) in [4.78, 5) is 0. The van der Waals surface area contributed by atoms with Gasteiger partial charge in [-0.25, -0.2) is 4.58 Å². The molecule has 1 rings (SSSR count). The van der Waals surface area contributed by atoms with Crippen molar-refractivity contribution in [2.45, 2.75) is 51.7 Å². The highest BCUT2D eigenvalue weighted by atomic mass is 127. The lowest BCUT2D eigenvalue weighted by Gasteiger charge is -2.31. The van der Waals surface area contributed by atoms with Crippen LogP contribution in [-0.2, 0) is 4.74 Å². The Bertz CT molecular complexity index is 258. The molecule has 2 nitrogen and oxygen atoms in total. The molecular weight excluding hydrogens is 301 g/mol. The van der Waals surface area contributed by atoms with Gasteiger partial charge in [0.15, 0.2) is 5.54 Å². The van der Waals surface area contributed by atoms with E-state index in [9.17, 15) is 0 Å². The standard InChI is InChI=1S/C12H22NO.HI/c1-6-7-8-11-13(5)12(3,4)9-10(2)14-11;/h6,10H,1,7-9H2,2-5H3;1H/q+1;/p-1. The van der Waals surface area contributed by atoms with Gasteiger partial charge in [-0.3, -0.25) is 0 Å². The van der Waals surface area contributed by atoms with E-state index >= 15 is 0 Å². The van der Waals surface area contributed by atoms with Crippen molar-refractivity contribution in [2.75, 3.05) is 7.05 Å². The summed E-state index contributed by atoms with van der Waals surface area (Å²) in [5.74, 6) is 1.11. The minimum atomic E-state index is 0. The molecule has 1 heterocycles. The number of ether oxygens (including phenoxy) is 1. The Balaban J connectivity index is 0.00000196. The van der Waals surface area contributed by atoms with Crippen LogP contribution in [0.5, 0.6) is 0 Å². The molecule has 1 unspecified atom stereocenters. The fourth-order valence-corrected chi connectivity index (χ4v) is 1.98. The molecule has 0 saturated heterocycles. The van der Waals surface area contributed by atoms with Gasteiger partial charge in [0, 0.05) is 20.3 Å². The zero-order valence-corrected chi connectivity index (χ0v) is 12.4. The van der Waals surface area contributed by atoms with Crippen LogP contribution in [0.3, 0.4) is 0 Å². The van der Waals surface area contributed by atoms with E-state index < -0.39 is 0 Å². The summed E-state index contributed by atoms with van der Waals surface area (Å²) in [6.45, 7) is 10.4. The second-order valence-electron chi connectivity index (χ2n) is 4.73. The van der Waals surface area contributed by atoms with Crippen LogP contribution in [0.25, 0.3) is 0 Å². The number of rotatable bonds is 3. The molecule has 0 aromatic heterocycles. The van der Waals surface area contributed by atoms with E-state index in [4.69, 9.17) is 4.74 Å². The largest absolute Gasteiger partial charge is 1.00 e. The van der Waals surface area contributed by atoms with E-state index in [1.807, 2.05) is 6.08 Å². The van der Waals surface area contributed by atoms with Gasteiger partial charge >= 0.3 is 5.90 Å². The molecule has 1 aliphatic rings. The minimum absolute atomic E-state index is 0. The van der Waals surface area contributed by atoms with Crippen molar-refractivity contribution in [3.05, 3.63) is 12.7 Å². The lowest BCUT2D eigenvalue weighted by molar-refractivity contribution is -0.595. The van der Waals surface area contributed by atoms with Gasteiger partial charge in [-0.05, 0) is 13.3 Å². The fourth-order valence-electron chi connectivity index (χ4n) is 1.98. The molecule has 1 atom stereocenters. The lowest BCUT2D eigenvalue weighted by atomic mass is 9.95. The molecule has 0 aliphatic carbocycles. The third kappa shape index (κ3) is 3.78. The van der Waals surface area contributed by atoms with Crippen LogP contribution < -0.4 is 24.0 Å². The van der Waals surface area contributed by atoms with Crippen LogP contribution in [0.2, 0.25) is 0 Å². The van der Waals surface area contributed by atoms with Gasteiger partial charge in [-0.2, -0.15) is 0 Å². The lowest BCUT2D eigenvalue weighted by Crippen LogP contribution is -3.00. The smallest absolute Gasteiger partial charge is 0.337 e. The summed E-state index contributed by atoms with van der Waals surface area (Å²) >= 11 is 0. The number of hydrogen-bond donors (Lipinski definition) is 0. The maximum atomic E-state index is 5.83. The first-order chi connectivity index (χ1) is 6.47. The molecule has 0 radical (unpaired) electrons. The van der Waals surface area contributed by atoms with Gasteiger partial charge in [-0.1, -0.05) is 6.08 Å². The molecule has 0 bridgehead atoms. The predicted molar refractivity (Wildman–Crippen MR) is 59.9 cm³/mol. The number of hydrogen-bond acceptors (Lipinski definition) is 1. The Hall–Kier alpha value is -0.0600. The third-order valence-corrected chi connectivity index (χ3v) is 2.97. The highest BCUT2D eigenvalue weighted by molar-refractivity contribution is 5.71. The van der Waals surface area contributed by atoms with Crippen molar-refractivity contribution in [3.63, 3.8) is 0 Å². The molecule has 0 N–H and O–H groups in total. The molecule has 0 fully saturated rings. The van der Waals surface area contributed by atoms with Gasteiger partial charge in [0.05, 0.1) is 6.42 Å². The monoisotopic (exact) mass is 323 g/mol. The van der Waals surface area contributed by atoms with Crippen LogP contribution in [0.4, 0.5) is 0 Å². The first-order valence-electron chi connectivity index (χ1n) is 5.34. The Morgan fingerprint density at radius 1 is 1.60 bits per heavy atom. The molecule has 1 aliphatic heterocycles. The van der Waals surface area contributed by atoms with Crippen LogP contribution in [-0.4, -0.2) is 29.2 Å². The Labute approximate surface area is 110 Å². The molecule has 0 aromatic rings. The quantitative estimate of drug-likeness (QED) is 0.391. The molecule has 0 spiro atoms. The Morgan fingerprint density at radius 2 is 2.20 bits per heavy atom. The number of allylic oxidation sites excluding steroid dienone is 1. The van der Waals surface area contributed by atoms with Gasteiger partial charge in [0.2, 0.25) is 0 Å². The van der Waals surface area contributed by atoms with Gasteiger partial charge in [0.25, 0.3) is 0 Å². The normalized spacial score (nSPS) is 24.1. The van der Waals surface area contributed by atoms with Crippen LogP contribution >= 0.6 is 0 Å². The summed E-state index contributed by atoms with van der Waals surface area (Å²) in [6.07, 6.45) is 5.31. The van der Waals surface area contributed by atoms with E-state index in [1.165, 1.54) is 0 Å². The average molecular weight is 323 g/mol. The Morgan fingerprint density at radius 3 is 2.73 bits per heavy atom. The van der Waals surface area contributed by atoms with Crippen molar-refractivity contribution in [3.8, 4) is 0 Å². The molecule has 0 saturated carbocycles. The van der Waals surface area contributed by atoms with Crippen molar-refractivity contribution >= 4 is 5.90 Å². The van der Waals surface area contributed by atoms with E-state index in [1.54, 1.807) is 0 Å². The van der Waals surface area contributed by atoms with Crippen LogP contribution in [0.15, 0.2) is 12.7 Å². The maximum Gasteiger partial charge on any atom is 0.337 e. The summed E-state index contributed by atoms with van der Waals surface area (Å²) in [5.41, 5.74) is 0.216. The maximum absolute atomic E-state index is 5.83. The minimum Gasteiger partial charge on any atom is -1.00 e. The van der Waals surface area contributed by atoms with Crippen LogP contribution in [0.1, 0.15) is 40.0 Å². The first kappa shape index (κ1) is 14.9. The summed E-state index contributed by atoms with van der Waals surface area (Å²) in [6, 6.07) is 0. The van der Waals surface area contributed by atoms with Crippen molar-refractivity contribution in [1.29, 1.82) is 0 Å². The molecule has 0 aromatic carbocycles. The molecular formula is C12H22INO. The van der Waals surface area contributed by atoms with Gasteiger partial charge < -0.3 is 28.7 Å². The second kappa shape index (κ2) is 5.87. The number of nitrogens with zero attached hydrogens (tertiary/aromatic N) is 1. The molecule has 15 heavy (non-hydrogen) atoms. The van der Waals surface area contributed by atoms with E-state index in [0.717, 1.165) is 25.2 Å². The van der Waals surface area contributed by atoms with Crippen molar-refractivity contribution in [2.24, 2.45) is 0 Å². The highest BCUT2D eigenvalue weighted by Crippen LogP contribution is 2.23. The first-order valence-corrected chi connectivity index (χ1v) is 5.34. The zero-order chi connectivity index (χ0) is 10.8. The molecule has 88 valence electrons. The second-order valence-corrected chi connectivity index (χ2v) is 4.73. The number of halogens is 1. The predicted octanol–water partition coefficient (Wildman–Crippen LogP) is -0.415. The van der Waals surface area contributed by atoms with E-state index in [2.05, 4.69) is 39.0 Å². The average Bonchev–Trinajstić information content (AvgIpc) is 2.08. The van der Waals surface area contributed by atoms with Crippen molar-refractivity contribution < 1.29 is 33.3 Å².